The largest absolute Gasteiger partial charge is 0.508 e. The minimum atomic E-state index is -0.0485. The first-order chi connectivity index (χ1) is 12.2. The standard InChI is InChI=1S/C20H25N3O2/c1-2-3-4-5-6-7-8-15-9-11-17-18(13-15)22-23(21-17)19-12-10-16(24)14-20(19)25/h9-14,24-25H,2-8H2,1H3. The molecule has 0 spiro atoms. The van der Waals surface area contributed by atoms with Gasteiger partial charge in [0.25, 0.3) is 0 Å². The van der Waals surface area contributed by atoms with Crippen LogP contribution >= 0.6 is 0 Å². The zero-order chi connectivity index (χ0) is 17.6. The lowest BCUT2D eigenvalue weighted by Crippen LogP contribution is -1.98. The number of benzene rings is 2. The molecule has 0 saturated carbocycles. The molecule has 3 rings (SSSR count). The second kappa shape index (κ2) is 8.01. The van der Waals surface area contributed by atoms with Crippen molar-refractivity contribution in [2.24, 2.45) is 0 Å². The van der Waals surface area contributed by atoms with Gasteiger partial charge in [0.1, 0.15) is 28.2 Å². The Morgan fingerprint density at radius 1 is 0.840 bits per heavy atom. The van der Waals surface area contributed by atoms with Crippen molar-refractivity contribution in [1.29, 1.82) is 0 Å². The first-order valence-electron chi connectivity index (χ1n) is 9.05. The molecule has 0 atom stereocenters. The van der Waals surface area contributed by atoms with E-state index in [9.17, 15) is 10.2 Å². The summed E-state index contributed by atoms with van der Waals surface area (Å²) in [5.74, 6) is -0.0354. The zero-order valence-corrected chi connectivity index (χ0v) is 14.6. The first-order valence-corrected chi connectivity index (χ1v) is 9.05. The fraction of sp³-hybridized carbons (Fsp3) is 0.400. The Kier molecular flexibility index (Phi) is 5.53. The average molecular weight is 339 g/mol. The lowest BCUT2D eigenvalue weighted by Gasteiger charge is -2.02. The number of phenolic OH excluding ortho intramolecular Hbond substituents is 2. The Morgan fingerprint density at radius 3 is 2.40 bits per heavy atom. The minimum Gasteiger partial charge on any atom is -0.508 e. The number of nitrogens with zero attached hydrogens (tertiary/aromatic N) is 3. The van der Waals surface area contributed by atoms with Crippen molar-refractivity contribution in [1.82, 2.24) is 15.0 Å². The number of aromatic nitrogens is 3. The van der Waals surface area contributed by atoms with Crippen molar-refractivity contribution in [2.75, 3.05) is 0 Å². The van der Waals surface area contributed by atoms with Crippen molar-refractivity contribution < 1.29 is 10.2 Å². The molecule has 1 aromatic heterocycles. The van der Waals surface area contributed by atoms with E-state index in [1.165, 1.54) is 61.0 Å². The van der Waals surface area contributed by atoms with Crippen LogP contribution in [0.15, 0.2) is 36.4 Å². The van der Waals surface area contributed by atoms with Gasteiger partial charge in [0.15, 0.2) is 0 Å². The van der Waals surface area contributed by atoms with Gasteiger partial charge in [-0.1, -0.05) is 45.1 Å². The molecule has 0 amide bonds. The molecule has 25 heavy (non-hydrogen) atoms. The van der Waals surface area contributed by atoms with Crippen LogP contribution in [0.1, 0.15) is 51.0 Å². The van der Waals surface area contributed by atoms with Gasteiger partial charge in [-0.25, -0.2) is 0 Å². The van der Waals surface area contributed by atoms with Crippen LogP contribution in [0, 0.1) is 0 Å². The Hall–Kier alpha value is -2.56. The third-order valence-corrected chi connectivity index (χ3v) is 4.44. The highest BCUT2D eigenvalue weighted by Gasteiger charge is 2.10. The molecular formula is C20H25N3O2. The predicted molar refractivity (Wildman–Crippen MR) is 99.3 cm³/mol. The van der Waals surface area contributed by atoms with E-state index in [2.05, 4.69) is 29.3 Å². The third-order valence-electron chi connectivity index (χ3n) is 4.44. The van der Waals surface area contributed by atoms with E-state index in [-0.39, 0.29) is 11.5 Å². The van der Waals surface area contributed by atoms with Crippen LogP contribution in [0.5, 0.6) is 11.5 Å². The lowest BCUT2D eigenvalue weighted by atomic mass is 10.0. The normalized spacial score (nSPS) is 11.2. The van der Waals surface area contributed by atoms with Gasteiger partial charge in [0, 0.05) is 6.07 Å². The highest BCUT2D eigenvalue weighted by Crippen LogP contribution is 2.26. The van der Waals surface area contributed by atoms with Crippen LogP contribution in [0.3, 0.4) is 0 Å². The van der Waals surface area contributed by atoms with Crippen LogP contribution in [-0.2, 0) is 6.42 Å². The molecule has 5 nitrogen and oxygen atoms in total. The molecule has 0 aliphatic carbocycles. The highest BCUT2D eigenvalue weighted by molar-refractivity contribution is 5.75. The average Bonchev–Trinajstić information content (AvgIpc) is 3.01. The summed E-state index contributed by atoms with van der Waals surface area (Å²) in [4.78, 5) is 1.41. The van der Waals surface area contributed by atoms with E-state index in [4.69, 9.17) is 0 Å². The van der Waals surface area contributed by atoms with Gasteiger partial charge < -0.3 is 10.2 Å². The van der Waals surface area contributed by atoms with Crippen LogP contribution in [-0.4, -0.2) is 25.2 Å². The second-order valence-corrected chi connectivity index (χ2v) is 6.50. The van der Waals surface area contributed by atoms with Gasteiger partial charge in [0.05, 0.1) is 0 Å². The Morgan fingerprint density at radius 2 is 1.60 bits per heavy atom. The van der Waals surface area contributed by atoms with Crippen LogP contribution < -0.4 is 0 Å². The van der Waals surface area contributed by atoms with E-state index in [0.717, 1.165) is 17.5 Å². The summed E-state index contributed by atoms with van der Waals surface area (Å²) in [6.45, 7) is 2.24. The fourth-order valence-electron chi connectivity index (χ4n) is 3.01. The minimum absolute atomic E-state index is 0.0131. The predicted octanol–water partition coefficient (Wildman–Crippen LogP) is 4.73. The molecular weight excluding hydrogens is 314 g/mol. The van der Waals surface area contributed by atoms with Gasteiger partial charge in [-0.3, -0.25) is 0 Å². The maximum Gasteiger partial charge on any atom is 0.146 e. The molecule has 3 aromatic rings. The van der Waals surface area contributed by atoms with E-state index >= 15 is 0 Å². The van der Waals surface area contributed by atoms with Gasteiger partial charge in [-0.2, -0.15) is 0 Å². The number of aryl methyl sites for hydroxylation is 1. The molecule has 2 N–H and O–H groups in total. The second-order valence-electron chi connectivity index (χ2n) is 6.50. The van der Waals surface area contributed by atoms with Crippen molar-refractivity contribution in [3.05, 3.63) is 42.0 Å². The molecule has 132 valence electrons. The van der Waals surface area contributed by atoms with Crippen molar-refractivity contribution >= 4 is 11.0 Å². The molecule has 0 radical (unpaired) electrons. The number of unbranched alkanes of at least 4 members (excludes halogenated alkanes) is 5. The Balaban J connectivity index is 1.69. The van der Waals surface area contributed by atoms with Crippen LogP contribution in [0.2, 0.25) is 0 Å². The summed E-state index contributed by atoms with van der Waals surface area (Å²) >= 11 is 0. The summed E-state index contributed by atoms with van der Waals surface area (Å²) in [5, 5.41) is 28.2. The van der Waals surface area contributed by atoms with Gasteiger partial charge in [-0.05, 0) is 42.7 Å². The van der Waals surface area contributed by atoms with Crippen LogP contribution in [0.4, 0.5) is 0 Å². The molecule has 0 bridgehead atoms. The number of hydrogen-bond acceptors (Lipinski definition) is 4. The molecule has 2 aromatic carbocycles. The molecule has 0 saturated heterocycles. The quantitative estimate of drug-likeness (QED) is 0.582. The van der Waals surface area contributed by atoms with Crippen molar-refractivity contribution in [3.8, 4) is 17.2 Å². The third kappa shape index (κ3) is 4.29. The molecule has 0 unspecified atom stereocenters. The van der Waals surface area contributed by atoms with Gasteiger partial charge >= 0.3 is 0 Å². The SMILES string of the molecule is CCCCCCCCc1ccc2nn(-c3ccc(O)cc3O)nc2c1. The smallest absolute Gasteiger partial charge is 0.146 e. The monoisotopic (exact) mass is 339 g/mol. The van der Waals surface area contributed by atoms with E-state index in [0.29, 0.717) is 5.69 Å². The maximum absolute atomic E-state index is 9.97. The number of rotatable bonds is 8. The summed E-state index contributed by atoms with van der Waals surface area (Å²) in [6.07, 6.45) is 8.78. The van der Waals surface area contributed by atoms with Crippen molar-refractivity contribution in [3.63, 3.8) is 0 Å². The molecule has 0 aliphatic heterocycles. The maximum atomic E-state index is 9.97. The van der Waals surface area contributed by atoms with Crippen LogP contribution in [0.25, 0.3) is 16.7 Å². The lowest BCUT2D eigenvalue weighted by molar-refractivity contribution is 0.446. The van der Waals surface area contributed by atoms with Crippen molar-refractivity contribution in [2.45, 2.75) is 51.9 Å². The number of fused-ring (bicyclic) bond motifs is 1. The topological polar surface area (TPSA) is 71.2 Å². The molecule has 1 heterocycles. The van der Waals surface area contributed by atoms with Gasteiger partial charge in [-0.15, -0.1) is 15.0 Å². The number of phenols is 2. The number of hydrogen-bond donors (Lipinski definition) is 2. The summed E-state index contributed by atoms with van der Waals surface area (Å²) in [5.41, 5.74) is 3.33. The number of aromatic hydroxyl groups is 2. The fourth-order valence-corrected chi connectivity index (χ4v) is 3.01. The van der Waals surface area contributed by atoms with E-state index < -0.39 is 0 Å². The Labute approximate surface area is 147 Å². The van der Waals surface area contributed by atoms with E-state index in [1.54, 1.807) is 6.07 Å². The summed E-state index contributed by atoms with van der Waals surface area (Å²) in [6, 6.07) is 10.5. The molecule has 0 fully saturated rings. The van der Waals surface area contributed by atoms with Gasteiger partial charge in [0.2, 0.25) is 0 Å². The first kappa shape index (κ1) is 17.3. The Bertz CT molecular complexity index is 842. The van der Waals surface area contributed by atoms with E-state index in [1.807, 2.05) is 6.07 Å². The molecule has 5 heteroatoms. The highest BCUT2D eigenvalue weighted by atomic mass is 16.3. The zero-order valence-electron chi connectivity index (χ0n) is 14.6. The molecule has 0 aliphatic rings. The summed E-state index contributed by atoms with van der Waals surface area (Å²) < 4.78 is 0. The summed E-state index contributed by atoms with van der Waals surface area (Å²) in [7, 11) is 0.